The number of rotatable bonds is 4. The van der Waals surface area contributed by atoms with Gasteiger partial charge in [0.05, 0.1) is 11.6 Å². The number of carbonyl (C=O) groups is 2. The third kappa shape index (κ3) is 3.96. The summed E-state index contributed by atoms with van der Waals surface area (Å²) in [6.45, 7) is 2.96. The second kappa shape index (κ2) is 6.69. The van der Waals surface area contributed by atoms with Gasteiger partial charge >= 0.3 is 6.18 Å². The Hall–Kier alpha value is -2.05. The summed E-state index contributed by atoms with van der Waals surface area (Å²) >= 11 is 0. The fraction of sp³-hybridized carbons (Fsp3) is 0.556. The van der Waals surface area contributed by atoms with Crippen molar-refractivity contribution in [1.29, 1.82) is 0 Å². The van der Waals surface area contributed by atoms with E-state index >= 15 is 0 Å². The van der Waals surface area contributed by atoms with E-state index in [0.29, 0.717) is 13.1 Å². The number of hydrogen-bond donors (Lipinski definition) is 1. The molecule has 0 bridgehead atoms. The van der Waals surface area contributed by atoms with Gasteiger partial charge in [0.1, 0.15) is 0 Å². The number of nitrogens with zero attached hydrogens (tertiary/aromatic N) is 1. The highest BCUT2D eigenvalue weighted by molar-refractivity contribution is 5.94. The Balaban J connectivity index is 1.67. The van der Waals surface area contributed by atoms with E-state index in [9.17, 15) is 22.8 Å². The zero-order valence-corrected chi connectivity index (χ0v) is 14.0. The van der Waals surface area contributed by atoms with Crippen LogP contribution >= 0.6 is 0 Å². The van der Waals surface area contributed by atoms with Crippen LogP contribution in [0.2, 0.25) is 0 Å². The van der Waals surface area contributed by atoms with Crippen molar-refractivity contribution < 1.29 is 22.8 Å². The molecule has 2 unspecified atom stereocenters. The quantitative estimate of drug-likeness (QED) is 0.903. The van der Waals surface area contributed by atoms with Gasteiger partial charge in [0.2, 0.25) is 5.91 Å². The molecule has 2 amide bonds. The van der Waals surface area contributed by atoms with Crippen molar-refractivity contribution in [3.05, 3.63) is 35.4 Å². The number of likely N-dealkylation sites (tertiary alicyclic amines) is 1. The number of nitrogens with one attached hydrogen (secondary N) is 1. The van der Waals surface area contributed by atoms with Crippen LogP contribution in [0.25, 0.3) is 0 Å². The number of benzene rings is 1. The summed E-state index contributed by atoms with van der Waals surface area (Å²) in [6.07, 6.45) is -1.77. The van der Waals surface area contributed by atoms with Crippen molar-refractivity contribution in [2.75, 3.05) is 13.1 Å². The van der Waals surface area contributed by atoms with Crippen molar-refractivity contribution >= 4 is 11.8 Å². The minimum atomic E-state index is -4.42. The predicted octanol–water partition coefficient (Wildman–Crippen LogP) is 3.08. The average molecular weight is 354 g/mol. The van der Waals surface area contributed by atoms with Crippen molar-refractivity contribution in [1.82, 2.24) is 10.2 Å². The first-order valence-corrected chi connectivity index (χ1v) is 8.53. The van der Waals surface area contributed by atoms with Gasteiger partial charge in [0.15, 0.2) is 0 Å². The first-order chi connectivity index (χ1) is 11.8. The van der Waals surface area contributed by atoms with Crippen molar-refractivity contribution in [3.8, 4) is 0 Å². The Morgan fingerprint density at radius 2 is 1.80 bits per heavy atom. The molecule has 0 spiro atoms. The minimum absolute atomic E-state index is 0.0287. The average Bonchev–Trinajstić information content (AvgIpc) is 3.35. The predicted molar refractivity (Wildman–Crippen MR) is 85.8 cm³/mol. The van der Waals surface area contributed by atoms with E-state index in [0.717, 1.165) is 31.4 Å². The van der Waals surface area contributed by atoms with Gasteiger partial charge in [0.25, 0.3) is 5.91 Å². The van der Waals surface area contributed by atoms with Gasteiger partial charge < -0.3 is 10.2 Å². The molecular formula is C18H21F3N2O2. The fourth-order valence-corrected chi connectivity index (χ4v) is 3.23. The van der Waals surface area contributed by atoms with Crippen molar-refractivity contribution in [2.45, 2.75) is 38.4 Å². The van der Waals surface area contributed by atoms with Gasteiger partial charge in [-0.1, -0.05) is 6.92 Å². The third-order valence-corrected chi connectivity index (χ3v) is 5.04. The number of carbonyl (C=O) groups excluding carboxylic acids is 2. The van der Waals surface area contributed by atoms with Gasteiger partial charge in [-0.05, 0) is 49.4 Å². The van der Waals surface area contributed by atoms with Crippen LogP contribution in [0.1, 0.15) is 42.1 Å². The molecule has 1 aromatic carbocycles. The second-order valence-corrected chi connectivity index (χ2v) is 6.93. The Bertz CT molecular complexity index is 653. The molecule has 1 aliphatic carbocycles. The van der Waals surface area contributed by atoms with Crippen molar-refractivity contribution in [2.24, 2.45) is 11.8 Å². The van der Waals surface area contributed by atoms with E-state index in [1.54, 1.807) is 4.90 Å². The third-order valence-electron chi connectivity index (χ3n) is 5.04. The molecule has 2 aliphatic rings. The van der Waals surface area contributed by atoms with E-state index in [1.807, 2.05) is 6.92 Å². The molecule has 136 valence electrons. The van der Waals surface area contributed by atoms with Crippen LogP contribution in [0.15, 0.2) is 24.3 Å². The highest BCUT2D eigenvalue weighted by Crippen LogP contribution is 2.31. The number of amides is 2. The molecule has 1 aliphatic heterocycles. The van der Waals surface area contributed by atoms with Gasteiger partial charge in [-0.3, -0.25) is 9.59 Å². The maximum Gasteiger partial charge on any atom is 0.416 e. The van der Waals surface area contributed by atoms with E-state index in [-0.39, 0.29) is 35.3 Å². The molecule has 0 radical (unpaired) electrons. The summed E-state index contributed by atoms with van der Waals surface area (Å²) in [5.74, 6) is 0.0819. The molecule has 0 aromatic heterocycles. The zero-order chi connectivity index (χ0) is 18.2. The van der Waals surface area contributed by atoms with E-state index in [2.05, 4.69) is 5.32 Å². The maximum absolute atomic E-state index is 12.7. The molecule has 7 heteroatoms. The summed E-state index contributed by atoms with van der Waals surface area (Å²) in [6, 6.07) is 4.16. The lowest BCUT2D eigenvalue weighted by Gasteiger charge is -2.27. The molecule has 1 saturated heterocycles. The lowest BCUT2D eigenvalue weighted by Crippen LogP contribution is -2.45. The Morgan fingerprint density at radius 1 is 1.16 bits per heavy atom. The van der Waals surface area contributed by atoms with Crippen LogP contribution in [-0.2, 0) is 11.0 Å². The lowest BCUT2D eigenvalue weighted by molar-refractivity contribution is -0.137. The summed E-state index contributed by atoms with van der Waals surface area (Å²) in [5.41, 5.74) is -0.535. The first kappa shape index (κ1) is 17.8. The van der Waals surface area contributed by atoms with Crippen molar-refractivity contribution in [3.63, 3.8) is 0 Å². The van der Waals surface area contributed by atoms with Crippen LogP contribution in [0, 0.1) is 11.8 Å². The number of hydrogen-bond acceptors (Lipinski definition) is 2. The van der Waals surface area contributed by atoms with E-state index in [4.69, 9.17) is 0 Å². The first-order valence-electron chi connectivity index (χ1n) is 8.53. The number of halogens is 3. The monoisotopic (exact) mass is 354 g/mol. The molecule has 2 fully saturated rings. The van der Waals surface area contributed by atoms with E-state index < -0.39 is 11.7 Å². The maximum atomic E-state index is 12.7. The molecule has 3 rings (SSSR count). The summed E-state index contributed by atoms with van der Waals surface area (Å²) in [7, 11) is 0. The van der Waals surface area contributed by atoms with Crippen LogP contribution in [-0.4, -0.2) is 35.8 Å². The van der Waals surface area contributed by atoms with Gasteiger partial charge in [-0.25, -0.2) is 0 Å². The standard InChI is InChI=1S/C18H21F3N2O2/c1-11-8-9-23(15(11)10-22-16(24)12-2-3-12)17(25)13-4-6-14(7-5-13)18(19,20)21/h4-7,11-12,15H,2-3,8-10H2,1H3,(H,22,24). The van der Waals surface area contributed by atoms with Crippen LogP contribution in [0.4, 0.5) is 13.2 Å². The van der Waals surface area contributed by atoms with Crippen LogP contribution < -0.4 is 5.32 Å². The normalized spacial score (nSPS) is 23.6. The highest BCUT2D eigenvalue weighted by Gasteiger charge is 2.37. The number of alkyl halides is 3. The highest BCUT2D eigenvalue weighted by atomic mass is 19.4. The largest absolute Gasteiger partial charge is 0.416 e. The molecular weight excluding hydrogens is 333 g/mol. The smallest absolute Gasteiger partial charge is 0.354 e. The molecule has 2 atom stereocenters. The van der Waals surface area contributed by atoms with E-state index in [1.165, 1.54) is 12.1 Å². The molecule has 1 heterocycles. The Morgan fingerprint density at radius 3 is 2.36 bits per heavy atom. The molecule has 1 N–H and O–H groups in total. The molecule has 25 heavy (non-hydrogen) atoms. The van der Waals surface area contributed by atoms with Crippen LogP contribution in [0.5, 0.6) is 0 Å². The molecule has 1 aromatic rings. The fourth-order valence-electron chi connectivity index (χ4n) is 3.23. The SMILES string of the molecule is CC1CCN(C(=O)c2ccc(C(F)(F)F)cc2)C1CNC(=O)C1CC1. The molecule has 4 nitrogen and oxygen atoms in total. The minimum Gasteiger partial charge on any atom is -0.354 e. The zero-order valence-electron chi connectivity index (χ0n) is 14.0. The Labute approximate surface area is 144 Å². The topological polar surface area (TPSA) is 49.4 Å². The van der Waals surface area contributed by atoms with Crippen LogP contribution in [0.3, 0.4) is 0 Å². The molecule has 1 saturated carbocycles. The summed E-state index contributed by atoms with van der Waals surface area (Å²) in [4.78, 5) is 26.2. The Kier molecular flexibility index (Phi) is 4.75. The van der Waals surface area contributed by atoms with Gasteiger partial charge in [-0.15, -0.1) is 0 Å². The lowest BCUT2D eigenvalue weighted by atomic mass is 10.0. The second-order valence-electron chi connectivity index (χ2n) is 6.93. The van der Waals surface area contributed by atoms with Gasteiger partial charge in [0, 0.05) is 24.6 Å². The summed E-state index contributed by atoms with van der Waals surface area (Å²) in [5, 5.41) is 2.90. The van der Waals surface area contributed by atoms with Gasteiger partial charge in [-0.2, -0.15) is 13.2 Å². The summed E-state index contributed by atoms with van der Waals surface area (Å²) < 4.78 is 37.9.